The number of hydrogen-bond acceptors (Lipinski definition) is 4. The molecule has 1 heterocycles. The lowest BCUT2D eigenvalue weighted by molar-refractivity contribution is -0.134. The molecule has 1 aliphatic rings. The minimum absolute atomic E-state index is 0.105. The minimum Gasteiger partial charge on any atom is -0.493 e. The minimum atomic E-state index is -0.108. The van der Waals surface area contributed by atoms with Gasteiger partial charge >= 0.3 is 0 Å². The van der Waals surface area contributed by atoms with Gasteiger partial charge in [0.2, 0.25) is 11.8 Å². The van der Waals surface area contributed by atoms with Crippen molar-refractivity contribution in [1.29, 1.82) is 0 Å². The number of ether oxygens (including phenoxy) is 2. The van der Waals surface area contributed by atoms with Gasteiger partial charge in [-0.1, -0.05) is 30.3 Å². The number of rotatable bonds is 7. The van der Waals surface area contributed by atoms with Crippen molar-refractivity contribution in [3.63, 3.8) is 0 Å². The van der Waals surface area contributed by atoms with E-state index in [-0.39, 0.29) is 18.2 Å². The Bertz CT molecular complexity index is 741. The van der Waals surface area contributed by atoms with Gasteiger partial charge in [-0.05, 0) is 29.8 Å². The van der Waals surface area contributed by atoms with Crippen LogP contribution in [0.15, 0.2) is 54.6 Å². The lowest BCUT2D eigenvalue weighted by Crippen LogP contribution is -2.41. The first-order valence-corrected chi connectivity index (χ1v) is 9.13. The van der Waals surface area contributed by atoms with Crippen molar-refractivity contribution in [2.75, 3.05) is 38.2 Å². The Morgan fingerprint density at radius 3 is 2.41 bits per heavy atom. The zero-order chi connectivity index (χ0) is 18.9. The number of morpholine rings is 1. The van der Waals surface area contributed by atoms with Crippen LogP contribution in [-0.2, 0) is 20.7 Å². The molecule has 0 radical (unpaired) electrons. The third-order valence-electron chi connectivity index (χ3n) is 4.30. The highest BCUT2D eigenvalue weighted by Gasteiger charge is 2.16. The van der Waals surface area contributed by atoms with Crippen molar-refractivity contribution in [3.8, 4) is 5.75 Å². The number of para-hydroxylation sites is 1. The fourth-order valence-electron chi connectivity index (χ4n) is 2.81. The Kier molecular flexibility index (Phi) is 6.82. The summed E-state index contributed by atoms with van der Waals surface area (Å²) in [4.78, 5) is 26.1. The van der Waals surface area contributed by atoms with Gasteiger partial charge in [-0.25, -0.2) is 0 Å². The van der Waals surface area contributed by atoms with Crippen molar-refractivity contribution in [2.45, 2.75) is 12.8 Å². The second kappa shape index (κ2) is 9.73. The molecule has 2 aromatic rings. The largest absolute Gasteiger partial charge is 0.493 e. The van der Waals surface area contributed by atoms with Gasteiger partial charge in [0.25, 0.3) is 0 Å². The summed E-state index contributed by atoms with van der Waals surface area (Å²) >= 11 is 0. The van der Waals surface area contributed by atoms with Gasteiger partial charge in [0.05, 0.1) is 32.7 Å². The van der Waals surface area contributed by atoms with Gasteiger partial charge in [-0.3, -0.25) is 9.59 Å². The third kappa shape index (κ3) is 6.11. The molecule has 0 bridgehead atoms. The standard InChI is InChI=1S/C21H24N2O4/c24-20(10-13-27-19-4-2-1-3-5-19)22-18-8-6-17(7-9-18)16-21(25)23-11-14-26-15-12-23/h1-9H,10-16H2,(H,22,24). The normalized spacial score (nSPS) is 13.9. The van der Waals surface area contributed by atoms with Gasteiger partial charge in [-0.15, -0.1) is 0 Å². The lowest BCUT2D eigenvalue weighted by atomic mass is 10.1. The summed E-state index contributed by atoms with van der Waals surface area (Å²) in [6.07, 6.45) is 0.630. The fraction of sp³-hybridized carbons (Fsp3) is 0.333. The summed E-state index contributed by atoms with van der Waals surface area (Å²) in [6.45, 7) is 2.83. The second-order valence-corrected chi connectivity index (χ2v) is 6.33. The van der Waals surface area contributed by atoms with Gasteiger partial charge < -0.3 is 19.7 Å². The lowest BCUT2D eigenvalue weighted by Gasteiger charge is -2.26. The highest BCUT2D eigenvalue weighted by Crippen LogP contribution is 2.13. The zero-order valence-corrected chi connectivity index (χ0v) is 15.2. The van der Waals surface area contributed by atoms with Crippen molar-refractivity contribution >= 4 is 17.5 Å². The maximum atomic E-state index is 12.3. The maximum Gasteiger partial charge on any atom is 0.227 e. The number of benzene rings is 2. The monoisotopic (exact) mass is 368 g/mol. The van der Waals surface area contributed by atoms with Gasteiger partial charge in [0.1, 0.15) is 5.75 Å². The molecule has 0 spiro atoms. The van der Waals surface area contributed by atoms with E-state index < -0.39 is 0 Å². The summed E-state index contributed by atoms with van der Waals surface area (Å²) in [5, 5.41) is 2.84. The summed E-state index contributed by atoms with van der Waals surface area (Å²) < 4.78 is 10.8. The van der Waals surface area contributed by atoms with Crippen molar-refractivity contribution in [2.24, 2.45) is 0 Å². The molecule has 27 heavy (non-hydrogen) atoms. The number of nitrogens with zero attached hydrogens (tertiary/aromatic N) is 1. The Morgan fingerprint density at radius 2 is 1.70 bits per heavy atom. The molecule has 6 nitrogen and oxygen atoms in total. The number of anilines is 1. The van der Waals surface area contributed by atoms with E-state index >= 15 is 0 Å². The van der Waals surface area contributed by atoms with Gasteiger partial charge in [-0.2, -0.15) is 0 Å². The first kappa shape index (κ1) is 18.9. The van der Waals surface area contributed by atoms with Crippen LogP contribution in [0.1, 0.15) is 12.0 Å². The zero-order valence-electron chi connectivity index (χ0n) is 15.2. The summed E-state index contributed by atoms with van der Waals surface area (Å²) in [7, 11) is 0. The number of nitrogens with one attached hydrogen (secondary N) is 1. The van der Waals surface area contributed by atoms with Crippen LogP contribution in [0.4, 0.5) is 5.69 Å². The van der Waals surface area contributed by atoms with E-state index in [9.17, 15) is 9.59 Å². The topological polar surface area (TPSA) is 67.9 Å². The Hall–Kier alpha value is -2.86. The molecule has 6 heteroatoms. The molecule has 1 fully saturated rings. The molecule has 3 rings (SSSR count). The molecule has 1 saturated heterocycles. The number of amides is 2. The van der Waals surface area contributed by atoms with E-state index in [2.05, 4.69) is 5.32 Å². The van der Waals surface area contributed by atoms with Crippen LogP contribution in [0.3, 0.4) is 0 Å². The highest BCUT2D eigenvalue weighted by molar-refractivity contribution is 5.90. The molecule has 0 aromatic heterocycles. The van der Waals surface area contributed by atoms with Crippen LogP contribution < -0.4 is 10.1 Å². The van der Waals surface area contributed by atoms with Crippen LogP contribution in [-0.4, -0.2) is 49.6 Å². The first-order valence-electron chi connectivity index (χ1n) is 9.13. The maximum absolute atomic E-state index is 12.3. The van der Waals surface area contributed by atoms with E-state index in [1.165, 1.54) is 0 Å². The Balaban J connectivity index is 1.41. The van der Waals surface area contributed by atoms with Crippen LogP contribution in [0.5, 0.6) is 5.75 Å². The molecule has 1 N–H and O–H groups in total. The van der Waals surface area contributed by atoms with E-state index in [0.717, 1.165) is 11.3 Å². The summed E-state index contributed by atoms with van der Waals surface area (Å²) in [5.41, 5.74) is 1.64. The van der Waals surface area contributed by atoms with Crippen molar-refractivity contribution in [3.05, 3.63) is 60.2 Å². The number of hydrogen-bond donors (Lipinski definition) is 1. The van der Waals surface area contributed by atoms with E-state index in [1.54, 1.807) is 0 Å². The molecule has 2 aromatic carbocycles. The summed E-state index contributed by atoms with van der Waals surface area (Å²) in [5.74, 6) is 0.746. The number of carbonyl (C=O) groups is 2. The van der Waals surface area contributed by atoms with Gasteiger partial charge in [0, 0.05) is 18.8 Å². The third-order valence-corrected chi connectivity index (χ3v) is 4.30. The fourth-order valence-corrected chi connectivity index (χ4v) is 2.81. The highest BCUT2D eigenvalue weighted by atomic mass is 16.5. The number of carbonyl (C=O) groups excluding carboxylic acids is 2. The molecule has 0 aliphatic carbocycles. The van der Waals surface area contributed by atoms with E-state index in [4.69, 9.17) is 9.47 Å². The quantitative estimate of drug-likeness (QED) is 0.815. The molecule has 2 amide bonds. The van der Waals surface area contributed by atoms with Crippen LogP contribution in [0.2, 0.25) is 0 Å². The molecular formula is C21H24N2O4. The molecule has 0 saturated carbocycles. The predicted molar refractivity (Wildman–Crippen MR) is 103 cm³/mol. The molecule has 142 valence electrons. The van der Waals surface area contributed by atoms with Crippen molar-refractivity contribution < 1.29 is 19.1 Å². The molecule has 0 atom stereocenters. The predicted octanol–water partition coefficient (Wildman–Crippen LogP) is 2.50. The van der Waals surface area contributed by atoms with Crippen molar-refractivity contribution in [1.82, 2.24) is 4.90 Å². The summed E-state index contributed by atoms with van der Waals surface area (Å²) in [6, 6.07) is 16.8. The van der Waals surface area contributed by atoms with Gasteiger partial charge in [0.15, 0.2) is 0 Å². The average molecular weight is 368 g/mol. The van der Waals surface area contributed by atoms with Crippen LogP contribution >= 0.6 is 0 Å². The Labute approximate surface area is 159 Å². The van der Waals surface area contributed by atoms with E-state index in [1.807, 2.05) is 59.5 Å². The van der Waals surface area contributed by atoms with Crippen LogP contribution in [0.25, 0.3) is 0 Å². The molecule has 1 aliphatic heterocycles. The second-order valence-electron chi connectivity index (χ2n) is 6.33. The first-order chi connectivity index (χ1) is 13.2. The smallest absolute Gasteiger partial charge is 0.227 e. The Morgan fingerprint density at radius 1 is 1.00 bits per heavy atom. The molecular weight excluding hydrogens is 344 g/mol. The van der Waals surface area contributed by atoms with E-state index in [0.29, 0.717) is 45.0 Å². The molecule has 0 unspecified atom stereocenters. The average Bonchev–Trinajstić information content (AvgIpc) is 2.71. The SMILES string of the molecule is O=C(CCOc1ccccc1)Nc1ccc(CC(=O)N2CCOCC2)cc1. The van der Waals surface area contributed by atoms with Crippen LogP contribution in [0, 0.1) is 0 Å².